The molecular formula is C25H24ClN3O2S. The van der Waals surface area contributed by atoms with Crippen LogP contribution < -0.4 is 5.56 Å². The van der Waals surface area contributed by atoms with E-state index in [-0.39, 0.29) is 11.5 Å². The van der Waals surface area contributed by atoms with Crippen LogP contribution in [0.3, 0.4) is 0 Å². The molecule has 2 aromatic heterocycles. The first-order valence-electron chi connectivity index (χ1n) is 10.5. The zero-order valence-electron chi connectivity index (χ0n) is 18.0. The van der Waals surface area contributed by atoms with Gasteiger partial charge in [-0.25, -0.2) is 4.98 Å². The molecular weight excluding hydrogens is 442 g/mol. The third kappa shape index (κ3) is 4.92. The van der Waals surface area contributed by atoms with Crippen molar-refractivity contribution >= 4 is 39.1 Å². The van der Waals surface area contributed by atoms with Crippen LogP contribution in [0.2, 0.25) is 5.02 Å². The van der Waals surface area contributed by atoms with Gasteiger partial charge in [-0.1, -0.05) is 54.9 Å². The maximum atomic E-state index is 13.0. The summed E-state index contributed by atoms with van der Waals surface area (Å²) in [6, 6.07) is 17.7. The Kier molecular flexibility index (Phi) is 6.72. The summed E-state index contributed by atoms with van der Waals surface area (Å²) in [5.41, 5.74) is 3.95. The maximum absolute atomic E-state index is 13.0. The molecule has 0 aliphatic rings. The minimum Gasteiger partial charge on any atom is -0.341 e. The predicted octanol–water partition coefficient (Wildman–Crippen LogP) is 5.39. The molecule has 7 heteroatoms. The van der Waals surface area contributed by atoms with Crippen LogP contribution in [0.1, 0.15) is 24.5 Å². The number of halogens is 1. The Morgan fingerprint density at radius 1 is 1.09 bits per heavy atom. The molecule has 2 heterocycles. The molecule has 0 spiro atoms. The van der Waals surface area contributed by atoms with Gasteiger partial charge in [-0.3, -0.25) is 14.2 Å². The predicted molar refractivity (Wildman–Crippen MR) is 131 cm³/mol. The molecule has 164 valence electrons. The number of hydrogen-bond donors (Lipinski definition) is 0. The highest BCUT2D eigenvalue weighted by atomic mass is 35.5. The first-order chi connectivity index (χ1) is 15.4. The molecule has 0 atom stereocenters. The van der Waals surface area contributed by atoms with Gasteiger partial charge in [0.25, 0.3) is 5.56 Å². The first-order valence-corrected chi connectivity index (χ1v) is 11.7. The molecule has 0 radical (unpaired) electrons. The van der Waals surface area contributed by atoms with Crippen LogP contribution in [0.4, 0.5) is 0 Å². The SMILES string of the molecule is CCC(=O)N(C)Cc1ccc(CCn2cnc3cc(-c4ccc(Cl)cc4)sc3c2=O)cc1. The van der Waals surface area contributed by atoms with Crippen molar-refractivity contribution in [3.8, 4) is 10.4 Å². The summed E-state index contributed by atoms with van der Waals surface area (Å²) in [6.45, 7) is 3.02. The van der Waals surface area contributed by atoms with Crippen molar-refractivity contribution in [3.05, 3.63) is 87.4 Å². The third-order valence-corrected chi connectivity index (χ3v) is 6.86. The minimum absolute atomic E-state index is 0.0171. The molecule has 0 aliphatic carbocycles. The molecule has 0 N–H and O–H groups in total. The second kappa shape index (κ2) is 9.67. The number of benzene rings is 2. The Bertz CT molecular complexity index is 1290. The van der Waals surface area contributed by atoms with Crippen molar-refractivity contribution in [2.75, 3.05) is 7.05 Å². The molecule has 0 bridgehead atoms. The Morgan fingerprint density at radius 2 is 1.78 bits per heavy atom. The molecule has 5 nitrogen and oxygen atoms in total. The zero-order valence-corrected chi connectivity index (χ0v) is 19.6. The molecule has 2 aromatic carbocycles. The van der Waals surface area contributed by atoms with Gasteiger partial charge in [0.1, 0.15) is 4.70 Å². The summed E-state index contributed by atoms with van der Waals surface area (Å²) in [7, 11) is 1.82. The van der Waals surface area contributed by atoms with Gasteiger partial charge < -0.3 is 4.90 Å². The van der Waals surface area contributed by atoms with Crippen LogP contribution in [-0.2, 0) is 24.3 Å². The lowest BCUT2D eigenvalue weighted by Gasteiger charge is -2.16. The van der Waals surface area contributed by atoms with E-state index in [2.05, 4.69) is 17.1 Å². The second-order valence-corrected chi connectivity index (χ2v) is 9.23. The van der Waals surface area contributed by atoms with Gasteiger partial charge in [-0.15, -0.1) is 11.3 Å². The van der Waals surface area contributed by atoms with Crippen molar-refractivity contribution in [1.82, 2.24) is 14.5 Å². The number of aryl methyl sites for hydroxylation is 2. The fourth-order valence-corrected chi connectivity index (χ4v) is 4.74. The van der Waals surface area contributed by atoms with E-state index >= 15 is 0 Å². The van der Waals surface area contributed by atoms with Crippen LogP contribution in [0.15, 0.2) is 65.7 Å². The molecule has 0 saturated heterocycles. The molecule has 0 unspecified atom stereocenters. The number of amides is 1. The average Bonchev–Trinajstić information content (AvgIpc) is 3.25. The van der Waals surface area contributed by atoms with Crippen molar-refractivity contribution in [1.29, 1.82) is 0 Å². The Morgan fingerprint density at radius 3 is 2.47 bits per heavy atom. The number of rotatable bonds is 7. The van der Waals surface area contributed by atoms with Gasteiger partial charge in [0.05, 0.1) is 11.8 Å². The largest absolute Gasteiger partial charge is 0.341 e. The monoisotopic (exact) mass is 465 g/mol. The maximum Gasteiger partial charge on any atom is 0.271 e. The van der Waals surface area contributed by atoms with E-state index in [1.165, 1.54) is 11.3 Å². The highest BCUT2D eigenvalue weighted by Crippen LogP contribution is 2.31. The molecule has 32 heavy (non-hydrogen) atoms. The van der Waals surface area contributed by atoms with E-state index in [0.29, 0.717) is 29.2 Å². The summed E-state index contributed by atoms with van der Waals surface area (Å²) in [5, 5.41) is 0.685. The van der Waals surface area contributed by atoms with Crippen LogP contribution in [0, 0.1) is 0 Å². The smallest absolute Gasteiger partial charge is 0.271 e. The number of nitrogens with zero attached hydrogens (tertiary/aromatic N) is 3. The Hall–Kier alpha value is -2.96. The van der Waals surface area contributed by atoms with Crippen LogP contribution in [0.25, 0.3) is 20.7 Å². The highest BCUT2D eigenvalue weighted by molar-refractivity contribution is 7.22. The van der Waals surface area contributed by atoms with E-state index in [9.17, 15) is 9.59 Å². The van der Waals surface area contributed by atoms with Gasteiger partial charge in [0.15, 0.2) is 0 Å². The van der Waals surface area contributed by atoms with E-state index in [1.807, 2.05) is 56.4 Å². The summed E-state index contributed by atoms with van der Waals surface area (Å²) >= 11 is 7.44. The van der Waals surface area contributed by atoms with Gasteiger partial charge in [-0.05, 0) is 41.3 Å². The van der Waals surface area contributed by atoms with Crippen molar-refractivity contribution < 1.29 is 4.79 Å². The summed E-state index contributed by atoms with van der Waals surface area (Å²) < 4.78 is 2.34. The summed E-state index contributed by atoms with van der Waals surface area (Å²) in [4.78, 5) is 32.0. The normalized spacial score (nSPS) is 11.1. The lowest BCUT2D eigenvalue weighted by atomic mass is 10.1. The van der Waals surface area contributed by atoms with E-state index in [1.54, 1.807) is 15.8 Å². The van der Waals surface area contributed by atoms with E-state index in [4.69, 9.17) is 11.6 Å². The standard InChI is InChI=1S/C25H24ClN3O2S/c1-3-23(30)28(2)15-18-6-4-17(5-7-18)12-13-29-16-27-21-14-22(32-24(21)25(29)31)19-8-10-20(26)11-9-19/h4-11,14,16H,3,12-13,15H2,1-2H3. The van der Waals surface area contributed by atoms with Crippen LogP contribution in [0.5, 0.6) is 0 Å². The molecule has 4 aromatic rings. The number of thiophene rings is 1. The molecule has 0 saturated carbocycles. The molecule has 4 rings (SSSR count). The number of hydrogen-bond acceptors (Lipinski definition) is 4. The summed E-state index contributed by atoms with van der Waals surface area (Å²) in [5.74, 6) is 0.129. The molecule has 0 fully saturated rings. The Balaban J connectivity index is 1.46. The second-order valence-electron chi connectivity index (χ2n) is 7.74. The number of carbonyl (C=O) groups is 1. The van der Waals surface area contributed by atoms with Gasteiger partial charge in [0.2, 0.25) is 5.91 Å². The van der Waals surface area contributed by atoms with Crippen molar-refractivity contribution in [2.45, 2.75) is 32.9 Å². The third-order valence-electron chi connectivity index (χ3n) is 5.44. The van der Waals surface area contributed by atoms with Crippen LogP contribution in [-0.4, -0.2) is 27.4 Å². The minimum atomic E-state index is -0.0171. The topological polar surface area (TPSA) is 55.2 Å². The fraction of sp³-hybridized carbons (Fsp3) is 0.240. The number of fused-ring (bicyclic) bond motifs is 1. The number of carbonyl (C=O) groups excluding carboxylic acids is 1. The summed E-state index contributed by atoms with van der Waals surface area (Å²) in [6.07, 6.45) is 2.86. The van der Waals surface area contributed by atoms with E-state index < -0.39 is 0 Å². The fourth-order valence-electron chi connectivity index (χ4n) is 3.55. The Labute approximate surface area is 195 Å². The van der Waals surface area contributed by atoms with Gasteiger partial charge in [0, 0.05) is 36.5 Å². The molecule has 1 amide bonds. The van der Waals surface area contributed by atoms with E-state index in [0.717, 1.165) is 33.5 Å². The van der Waals surface area contributed by atoms with Crippen molar-refractivity contribution in [3.63, 3.8) is 0 Å². The zero-order chi connectivity index (χ0) is 22.7. The lowest BCUT2D eigenvalue weighted by Crippen LogP contribution is -2.25. The van der Waals surface area contributed by atoms with Crippen molar-refractivity contribution in [2.24, 2.45) is 0 Å². The van der Waals surface area contributed by atoms with Gasteiger partial charge >= 0.3 is 0 Å². The first kappa shape index (κ1) is 22.2. The number of aromatic nitrogens is 2. The average molecular weight is 466 g/mol. The molecule has 0 aliphatic heterocycles. The van der Waals surface area contributed by atoms with Crippen LogP contribution >= 0.6 is 22.9 Å². The quantitative estimate of drug-likeness (QED) is 0.367. The van der Waals surface area contributed by atoms with Gasteiger partial charge in [-0.2, -0.15) is 0 Å². The lowest BCUT2D eigenvalue weighted by molar-refractivity contribution is -0.130. The highest BCUT2D eigenvalue weighted by Gasteiger charge is 2.11.